The van der Waals surface area contributed by atoms with Crippen molar-refractivity contribution in [2.75, 3.05) is 13.7 Å². The van der Waals surface area contributed by atoms with E-state index in [1.807, 2.05) is 6.92 Å². The third-order valence-corrected chi connectivity index (χ3v) is 2.34. The molecule has 14 heavy (non-hydrogen) atoms. The largest absolute Gasteiger partial charge is 0.379 e. The zero-order chi connectivity index (χ0) is 11.2. The zero-order valence-corrected chi connectivity index (χ0v) is 9.92. The number of ether oxygens (including phenoxy) is 1. The van der Waals surface area contributed by atoms with Gasteiger partial charge in [-0.1, -0.05) is 0 Å². The summed E-state index contributed by atoms with van der Waals surface area (Å²) in [5, 5.41) is 11.9. The van der Waals surface area contributed by atoms with Crippen LogP contribution >= 0.6 is 0 Å². The highest BCUT2D eigenvalue weighted by Crippen LogP contribution is 2.15. The molecular weight excluding hydrogens is 176 g/mol. The third kappa shape index (κ3) is 5.95. The summed E-state index contributed by atoms with van der Waals surface area (Å²) in [4.78, 5) is 0. The maximum absolute atomic E-state index is 8.61. The van der Waals surface area contributed by atoms with Crippen molar-refractivity contribution in [1.29, 1.82) is 5.26 Å². The monoisotopic (exact) mass is 198 g/mol. The van der Waals surface area contributed by atoms with Crippen LogP contribution in [0.2, 0.25) is 0 Å². The van der Waals surface area contributed by atoms with Crippen LogP contribution in [0.3, 0.4) is 0 Å². The minimum Gasteiger partial charge on any atom is -0.379 e. The fourth-order valence-electron chi connectivity index (χ4n) is 1.32. The lowest BCUT2D eigenvalue weighted by Crippen LogP contribution is -2.37. The molecular formula is C11H22N2O. The highest BCUT2D eigenvalue weighted by Gasteiger charge is 2.19. The fraction of sp³-hybridized carbons (Fsp3) is 0.909. The summed E-state index contributed by atoms with van der Waals surface area (Å²) in [5.41, 5.74) is -0.0949. The summed E-state index contributed by atoms with van der Waals surface area (Å²) >= 11 is 0. The van der Waals surface area contributed by atoms with Crippen LogP contribution in [0.25, 0.3) is 0 Å². The molecule has 0 fully saturated rings. The summed E-state index contributed by atoms with van der Waals surface area (Å²) < 4.78 is 5.34. The summed E-state index contributed by atoms with van der Waals surface area (Å²) in [5.74, 6) is 0.0723. The number of nitriles is 1. The Balaban J connectivity index is 3.77. The maximum atomic E-state index is 8.61. The van der Waals surface area contributed by atoms with Gasteiger partial charge in [-0.05, 0) is 34.1 Å². The average Bonchev–Trinajstić information content (AvgIpc) is 2.13. The highest BCUT2D eigenvalue weighted by molar-refractivity contribution is 4.82. The number of nitrogens with zero attached hydrogens (tertiary/aromatic N) is 1. The van der Waals surface area contributed by atoms with E-state index in [0.29, 0.717) is 6.04 Å². The maximum Gasteiger partial charge on any atom is 0.0666 e. The first-order chi connectivity index (χ1) is 6.41. The lowest BCUT2D eigenvalue weighted by atomic mass is 9.99. The molecule has 0 saturated carbocycles. The SMILES string of the molecule is COC(C)(C)CC(C)NCC(C)C#N. The van der Waals surface area contributed by atoms with Crippen LogP contribution in [-0.2, 0) is 4.74 Å². The van der Waals surface area contributed by atoms with Gasteiger partial charge in [0.05, 0.1) is 17.6 Å². The Bertz CT molecular complexity index is 196. The van der Waals surface area contributed by atoms with Crippen LogP contribution in [0.5, 0.6) is 0 Å². The molecule has 3 nitrogen and oxygen atoms in total. The number of hydrogen-bond donors (Lipinski definition) is 1. The van der Waals surface area contributed by atoms with Gasteiger partial charge >= 0.3 is 0 Å². The van der Waals surface area contributed by atoms with E-state index in [-0.39, 0.29) is 11.5 Å². The molecule has 1 N–H and O–H groups in total. The summed E-state index contributed by atoms with van der Waals surface area (Å²) in [6, 6.07) is 2.58. The molecule has 2 unspecified atom stereocenters. The van der Waals surface area contributed by atoms with Crippen molar-refractivity contribution in [3.63, 3.8) is 0 Å². The van der Waals surface area contributed by atoms with Gasteiger partial charge in [0, 0.05) is 19.7 Å². The van der Waals surface area contributed by atoms with Crippen molar-refractivity contribution in [2.45, 2.75) is 45.8 Å². The molecule has 0 spiro atoms. The zero-order valence-electron chi connectivity index (χ0n) is 9.92. The predicted molar refractivity (Wildman–Crippen MR) is 57.9 cm³/mol. The highest BCUT2D eigenvalue weighted by atomic mass is 16.5. The van der Waals surface area contributed by atoms with E-state index in [4.69, 9.17) is 10.00 Å². The van der Waals surface area contributed by atoms with Gasteiger partial charge in [0.25, 0.3) is 0 Å². The van der Waals surface area contributed by atoms with E-state index in [2.05, 4.69) is 32.2 Å². The van der Waals surface area contributed by atoms with E-state index in [1.54, 1.807) is 7.11 Å². The molecule has 0 aromatic carbocycles. The van der Waals surface area contributed by atoms with Crippen LogP contribution in [0.15, 0.2) is 0 Å². The minimum absolute atomic E-state index is 0.0723. The molecule has 0 aliphatic rings. The lowest BCUT2D eigenvalue weighted by Gasteiger charge is -2.27. The average molecular weight is 198 g/mol. The van der Waals surface area contributed by atoms with Gasteiger partial charge in [0.2, 0.25) is 0 Å². The standard InChI is InChI=1S/C11H22N2O/c1-9(7-12)8-13-10(2)6-11(3,4)14-5/h9-10,13H,6,8H2,1-5H3. The second-order valence-electron chi connectivity index (χ2n) is 4.51. The molecule has 0 radical (unpaired) electrons. The molecule has 0 bridgehead atoms. The van der Waals surface area contributed by atoms with Gasteiger partial charge in [-0.3, -0.25) is 0 Å². The van der Waals surface area contributed by atoms with Crippen LogP contribution in [0.1, 0.15) is 34.1 Å². The molecule has 0 heterocycles. The van der Waals surface area contributed by atoms with Gasteiger partial charge in [-0.2, -0.15) is 5.26 Å². The van der Waals surface area contributed by atoms with Gasteiger partial charge in [-0.15, -0.1) is 0 Å². The molecule has 0 saturated heterocycles. The number of nitrogens with one attached hydrogen (secondary N) is 1. The molecule has 0 rings (SSSR count). The minimum atomic E-state index is -0.0949. The first-order valence-electron chi connectivity index (χ1n) is 5.09. The predicted octanol–water partition coefficient (Wildman–Crippen LogP) is 1.94. The molecule has 2 atom stereocenters. The van der Waals surface area contributed by atoms with Crippen molar-refractivity contribution in [3.8, 4) is 6.07 Å². The first-order valence-corrected chi connectivity index (χ1v) is 5.09. The molecule has 82 valence electrons. The fourth-order valence-corrected chi connectivity index (χ4v) is 1.32. The Labute approximate surface area is 87.4 Å². The Hall–Kier alpha value is -0.590. The molecule has 3 heteroatoms. The molecule has 0 amide bonds. The van der Waals surface area contributed by atoms with Gasteiger partial charge < -0.3 is 10.1 Å². The van der Waals surface area contributed by atoms with E-state index in [1.165, 1.54) is 0 Å². The van der Waals surface area contributed by atoms with Crippen molar-refractivity contribution in [2.24, 2.45) is 5.92 Å². The van der Waals surface area contributed by atoms with Crippen molar-refractivity contribution in [3.05, 3.63) is 0 Å². The Morgan fingerprint density at radius 3 is 2.43 bits per heavy atom. The van der Waals surface area contributed by atoms with E-state index in [0.717, 1.165) is 13.0 Å². The summed E-state index contributed by atoms with van der Waals surface area (Å²) in [7, 11) is 1.73. The van der Waals surface area contributed by atoms with Crippen molar-refractivity contribution in [1.82, 2.24) is 5.32 Å². The van der Waals surface area contributed by atoms with Gasteiger partial charge in [0.1, 0.15) is 0 Å². The van der Waals surface area contributed by atoms with Crippen LogP contribution in [0, 0.1) is 17.2 Å². The Kier molecular flexibility index (Phi) is 5.75. The Morgan fingerprint density at radius 2 is 2.00 bits per heavy atom. The van der Waals surface area contributed by atoms with Crippen LogP contribution in [-0.4, -0.2) is 25.3 Å². The van der Waals surface area contributed by atoms with Gasteiger partial charge in [0.15, 0.2) is 0 Å². The molecule has 0 aliphatic carbocycles. The second-order valence-corrected chi connectivity index (χ2v) is 4.51. The van der Waals surface area contributed by atoms with Crippen molar-refractivity contribution >= 4 is 0 Å². The van der Waals surface area contributed by atoms with Gasteiger partial charge in [-0.25, -0.2) is 0 Å². The summed E-state index contributed by atoms with van der Waals surface area (Å²) in [6.45, 7) is 8.92. The summed E-state index contributed by atoms with van der Waals surface area (Å²) in [6.07, 6.45) is 0.946. The number of hydrogen-bond acceptors (Lipinski definition) is 3. The normalized spacial score (nSPS) is 16.0. The topological polar surface area (TPSA) is 45.0 Å². The molecule has 0 aromatic heterocycles. The Morgan fingerprint density at radius 1 is 1.43 bits per heavy atom. The molecule has 0 aromatic rings. The third-order valence-electron chi connectivity index (χ3n) is 2.34. The smallest absolute Gasteiger partial charge is 0.0666 e. The number of methoxy groups -OCH3 is 1. The quantitative estimate of drug-likeness (QED) is 0.709. The van der Waals surface area contributed by atoms with E-state index in [9.17, 15) is 0 Å². The van der Waals surface area contributed by atoms with Crippen LogP contribution in [0.4, 0.5) is 0 Å². The molecule has 0 aliphatic heterocycles. The number of rotatable bonds is 6. The van der Waals surface area contributed by atoms with E-state index < -0.39 is 0 Å². The van der Waals surface area contributed by atoms with E-state index >= 15 is 0 Å². The van der Waals surface area contributed by atoms with Crippen LogP contribution < -0.4 is 5.32 Å². The lowest BCUT2D eigenvalue weighted by molar-refractivity contribution is 0.00848. The first kappa shape index (κ1) is 13.4. The van der Waals surface area contributed by atoms with Crippen molar-refractivity contribution < 1.29 is 4.74 Å². The second kappa shape index (κ2) is 6.00.